The van der Waals surface area contributed by atoms with Crippen LogP contribution in [-0.2, 0) is 16.1 Å². The Hall–Kier alpha value is -2.22. The molecule has 136 valence electrons. The van der Waals surface area contributed by atoms with Gasteiger partial charge in [0.15, 0.2) is 0 Å². The third-order valence-electron chi connectivity index (χ3n) is 3.57. The zero-order chi connectivity index (χ0) is 17.5. The molecular weight excluding hydrogens is 349 g/mol. The van der Waals surface area contributed by atoms with E-state index >= 15 is 0 Å². The van der Waals surface area contributed by atoms with E-state index in [1.807, 2.05) is 0 Å². The molecule has 25 heavy (non-hydrogen) atoms. The fourth-order valence-electron chi connectivity index (χ4n) is 2.21. The number of benzene rings is 1. The molecule has 0 saturated heterocycles. The maximum absolute atomic E-state index is 12.9. The van der Waals surface area contributed by atoms with E-state index in [9.17, 15) is 14.0 Å². The maximum atomic E-state index is 12.9. The maximum Gasteiger partial charge on any atom is 0.274 e. The molecule has 1 unspecified atom stereocenters. The first-order valence-corrected chi connectivity index (χ1v) is 7.50. The van der Waals surface area contributed by atoms with Gasteiger partial charge >= 0.3 is 0 Å². The van der Waals surface area contributed by atoms with Crippen LogP contribution in [0.4, 0.5) is 10.1 Å². The first-order valence-electron chi connectivity index (χ1n) is 7.50. The Balaban J connectivity index is 0.00000312. The van der Waals surface area contributed by atoms with Crippen LogP contribution < -0.4 is 16.6 Å². The van der Waals surface area contributed by atoms with Crippen LogP contribution in [0.5, 0.6) is 0 Å². The predicted octanol–water partition coefficient (Wildman–Crippen LogP) is 1.76. The molecule has 0 aliphatic carbocycles. The van der Waals surface area contributed by atoms with E-state index in [4.69, 9.17) is 10.5 Å². The van der Waals surface area contributed by atoms with Crippen LogP contribution in [0.15, 0.2) is 47.4 Å². The topological polar surface area (TPSA) is 86.3 Å². The molecule has 0 aliphatic rings. The molecule has 0 saturated carbocycles. The van der Waals surface area contributed by atoms with Gasteiger partial charge in [-0.15, -0.1) is 12.4 Å². The highest BCUT2D eigenvalue weighted by Crippen LogP contribution is 2.06. The van der Waals surface area contributed by atoms with Gasteiger partial charge in [-0.05, 0) is 29.8 Å². The molecule has 1 amide bonds. The van der Waals surface area contributed by atoms with Crippen molar-refractivity contribution in [3.05, 3.63) is 64.3 Å². The molecule has 1 atom stereocenters. The minimum Gasteiger partial charge on any atom is -0.380 e. The Morgan fingerprint density at radius 2 is 2.00 bits per heavy atom. The van der Waals surface area contributed by atoms with Crippen molar-refractivity contribution < 1.29 is 13.9 Å². The van der Waals surface area contributed by atoms with Gasteiger partial charge in [0, 0.05) is 19.9 Å². The summed E-state index contributed by atoms with van der Waals surface area (Å²) in [5.41, 5.74) is 6.10. The van der Waals surface area contributed by atoms with E-state index in [1.54, 1.807) is 24.4 Å². The van der Waals surface area contributed by atoms with Gasteiger partial charge in [0.25, 0.3) is 5.56 Å². The van der Waals surface area contributed by atoms with E-state index in [-0.39, 0.29) is 54.9 Å². The first kappa shape index (κ1) is 20.8. The lowest BCUT2D eigenvalue weighted by molar-refractivity contribution is -0.118. The number of methoxy groups -OCH3 is 1. The highest BCUT2D eigenvalue weighted by atomic mass is 35.5. The minimum absolute atomic E-state index is 0. The number of hydrogen-bond donors (Lipinski definition) is 2. The standard InChI is InChI=1S/C17H20FN3O3.ClH/c1-24-14(10-19)9-16(22)20-15-3-2-8-21(17(15)23)11-12-4-6-13(18)7-5-12;/h2-8,14H,9-11,19H2,1H3,(H,20,22);1H. The molecule has 1 aromatic carbocycles. The van der Waals surface area contributed by atoms with Crippen LogP contribution in [0, 0.1) is 5.82 Å². The number of anilines is 1. The number of ether oxygens (including phenoxy) is 1. The number of amides is 1. The molecule has 2 rings (SSSR count). The molecule has 3 N–H and O–H groups in total. The van der Waals surface area contributed by atoms with Crippen molar-refractivity contribution >= 4 is 24.0 Å². The highest BCUT2D eigenvalue weighted by molar-refractivity contribution is 5.90. The second-order valence-electron chi connectivity index (χ2n) is 5.33. The van der Waals surface area contributed by atoms with Gasteiger partial charge in [0.05, 0.1) is 19.1 Å². The summed E-state index contributed by atoms with van der Waals surface area (Å²) in [6.07, 6.45) is 1.29. The van der Waals surface area contributed by atoms with Crippen molar-refractivity contribution in [3.8, 4) is 0 Å². The molecule has 1 heterocycles. The molecule has 8 heteroatoms. The second-order valence-corrected chi connectivity index (χ2v) is 5.33. The summed E-state index contributed by atoms with van der Waals surface area (Å²) >= 11 is 0. The second kappa shape index (κ2) is 9.93. The highest BCUT2D eigenvalue weighted by Gasteiger charge is 2.13. The zero-order valence-corrected chi connectivity index (χ0v) is 14.6. The summed E-state index contributed by atoms with van der Waals surface area (Å²) in [7, 11) is 1.48. The monoisotopic (exact) mass is 369 g/mol. The van der Waals surface area contributed by atoms with Crippen molar-refractivity contribution in [2.24, 2.45) is 5.73 Å². The number of nitrogens with zero attached hydrogens (tertiary/aromatic N) is 1. The largest absolute Gasteiger partial charge is 0.380 e. The number of carbonyl (C=O) groups excluding carboxylic acids is 1. The van der Waals surface area contributed by atoms with Crippen molar-refractivity contribution in [1.29, 1.82) is 0 Å². The Labute approximate surface area is 151 Å². The molecule has 2 aromatic rings. The van der Waals surface area contributed by atoms with E-state index in [0.717, 1.165) is 5.56 Å². The Morgan fingerprint density at radius 1 is 1.32 bits per heavy atom. The fraction of sp³-hybridized carbons (Fsp3) is 0.294. The van der Waals surface area contributed by atoms with Gasteiger partial charge in [-0.3, -0.25) is 9.59 Å². The summed E-state index contributed by atoms with van der Waals surface area (Å²) in [5.74, 6) is -0.677. The lowest BCUT2D eigenvalue weighted by Gasteiger charge is -2.13. The molecule has 0 spiro atoms. The Morgan fingerprint density at radius 3 is 2.60 bits per heavy atom. The Bertz CT molecular complexity index is 746. The van der Waals surface area contributed by atoms with Gasteiger partial charge in [0.1, 0.15) is 11.5 Å². The van der Waals surface area contributed by atoms with Crippen LogP contribution in [-0.4, -0.2) is 30.2 Å². The summed E-state index contributed by atoms with van der Waals surface area (Å²) in [5, 5.41) is 2.58. The van der Waals surface area contributed by atoms with Crippen molar-refractivity contribution in [3.63, 3.8) is 0 Å². The number of nitrogens with one attached hydrogen (secondary N) is 1. The van der Waals surface area contributed by atoms with Gasteiger partial charge < -0.3 is 20.4 Å². The lowest BCUT2D eigenvalue weighted by atomic mass is 10.2. The number of rotatable bonds is 7. The molecule has 1 aromatic heterocycles. The first-order chi connectivity index (χ1) is 11.5. The predicted molar refractivity (Wildman–Crippen MR) is 96.6 cm³/mol. The quantitative estimate of drug-likeness (QED) is 0.778. The van der Waals surface area contributed by atoms with Crippen LogP contribution in [0.3, 0.4) is 0 Å². The van der Waals surface area contributed by atoms with Crippen LogP contribution >= 0.6 is 12.4 Å². The summed E-state index contributed by atoms with van der Waals surface area (Å²) in [4.78, 5) is 24.4. The average molecular weight is 370 g/mol. The SMILES string of the molecule is COC(CN)CC(=O)Nc1cccn(Cc2ccc(F)cc2)c1=O.Cl. The third-order valence-corrected chi connectivity index (χ3v) is 3.57. The molecule has 0 radical (unpaired) electrons. The average Bonchev–Trinajstić information content (AvgIpc) is 2.58. The van der Waals surface area contributed by atoms with Gasteiger partial charge in [0.2, 0.25) is 5.91 Å². The van der Waals surface area contributed by atoms with Gasteiger partial charge in [-0.1, -0.05) is 12.1 Å². The Kier molecular flexibility index (Phi) is 8.27. The number of hydrogen-bond acceptors (Lipinski definition) is 4. The summed E-state index contributed by atoms with van der Waals surface area (Å²) in [6, 6.07) is 9.09. The molecular formula is C17H21ClFN3O3. The zero-order valence-electron chi connectivity index (χ0n) is 13.8. The molecule has 0 aliphatic heterocycles. The van der Waals surface area contributed by atoms with Crippen LogP contribution in [0.2, 0.25) is 0 Å². The van der Waals surface area contributed by atoms with E-state index in [0.29, 0.717) is 0 Å². The van der Waals surface area contributed by atoms with Crippen LogP contribution in [0.1, 0.15) is 12.0 Å². The minimum atomic E-state index is -0.393. The number of halogens is 2. The number of carbonyl (C=O) groups is 1. The van der Waals surface area contributed by atoms with E-state index < -0.39 is 6.10 Å². The smallest absolute Gasteiger partial charge is 0.274 e. The van der Waals surface area contributed by atoms with E-state index in [1.165, 1.54) is 29.9 Å². The normalized spacial score (nSPS) is 11.5. The van der Waals surface area contributed by atoms with Crippen LogP contribution in [0.25, 0.3) is 0 Å². The fourth-order valence-corrected chi connectivity index (χ4v) is 2.21. The molecule has 6 nitrogen and oxygen atoms in total. The van der Waals surface area contributed by atoms with Crippen molar-refractivity contribution in [2.45, 2.75) is 19.1 Å². The summed E-state index contributed by atoms with van der Waals surface area (Å²) < 4.78 is 19.4. The molecule has 0 bridgehead atoms. The van der Waals surface area contributed by atoms with Crippen molar-refractivity contribution in [2.75, 3.05) is 19.0 Å². The number of pyridine rings is 1. The number of aromatic nitrogens is 1. The molecule has 0 fully saturated rings. The third kappa shape index (κ3) is 5.97. The van der Waals surface area contributed by atoms with Crippen molar-refractivity contribution in [1.82, 2.24) is 4.57 Å². The van der Waals surface area contributed by atoms with Gasteiger partial charge in [-0.2, -0.15) is 0 Å². The summed E-state index contributed by atoms with van der Waals surface area (Å²) in [6.45, 7) is 0.500. The number of nitrogens with two attached hydrogens (primary N) is 1. The van der Waals surface area contributed by atoms with E-state index in [2.05, 4.69) is 5.32 Å². The lowest BCUT2D eigenvalue weighted by Crippen LogP contribution is -2.30. The van der Waals surface area contributed by atoms with Gasteiger partial charge in [-0.25, -0.2) is 4.39 Å².